The van der Waals surface area contributed by atoms with Crippen molar-refractivity contribution in [3.8, 4) is 0 Å². The first-order valence-electron chi connectivity index (χ1n) is 8.25. The van der Waals surface area contributed by atoms with E-state index in [0.29, 0.717) is 24.3 Å². The first-order valence-corrected chi connectivity index (χ1v) is 9.40. The van der Waals surface area contributed by atoms with Crippen molar-refractivity contribution < 1.29 is 14.3 Å². The zero-order valence-corrected chi connectivity index (χ0v) is 14.2. The molecule has 124 valence electrons. The summed E-state index contributed by atoms with van der Waals surface area (Å²) in [5.41, 5.74) is 0. The fraction of sp³-hybridized carbons (Fsp3) is 0.824. The van der Waals surface area contributed by atoms with Crippen molar-refractivity contribution in [3.63, 3.8) is 0 Å². The maximum Gasteiger partial charge on any atom is 0.304 e. The number of hydrogen-bond acceptors (Lipinski definition) is 2. The predicted octanol–water partition coefficient (Wildman–Crippen LogP) is 5.62. The molecule has 0 bridgehead atoms. The summed E-state index contributed by atoms with van der Waals surface area (Å²) in [7, 11) is 0. The van der Waals surface area contributed by atoms with Crippen molar-refractivity contribution in [1.29, 1.82) is 0 Å². The number of carboxylic acid groups (broad SMARTS) is 1. The normalized spacial score (nSPS) is 12.9. The highest BCUT2D eigenvalue weighted by molar-refractivity contribution is 7.99. The molecule has 0 fully saturated rings. The van der Waals surface area contributed by atoms with Gasteiger partial charge in [0.15, 0.2) is 0 Å². The molecule has 0 aliphatic heterocycles. The van der Waals surface area contributed by atoms with E-state index in [2.05, 4.69) is 13.0 Å². The Labute approximate surface area is 133 Å². The maximum absolute atomic E-state index is 13.5. The van der Waals surface area contributed by atoms with Crippen molar-refractivity contribution in [3.05, 3.63) is 12.2 Å². The molecular weight excluding hydrogens is 286 g/mol. The lowest BCUT2D eigenvalue weighted by atomic mass is 10.1. The molecule has 0 aromatic carbocycles. The molecule has 0 saturated carbocycles. The molecule has 1 unspecified atom stereocenters. The molecule has 0 aromatic heterocycles. The number of allylic oxidation sites excluding steroid dienone is 2. The van der Waals surface area contributed by atoms with Gasteiger partial charge in [-0.1, -0.05) is 51.2 Å². The second-order valence-electron chi connectivity index (χ2n) is 5.41. The maximum atomic E-state index is 13.5. The van der Waals surface area contributed by atoms with Crippen LogP contribution in [0.25, 0.3) is 0 Å². The molecule has 1 N–H and O–H groups in total. The molecule has 0 aliphatic carbocycles. The van der Waals surface area contributed by atoms with Crippen LogP contribution in [-0.4, -0.2) is 28.8 Å². The van der Waals surface area contributed by atoms with Crippen LogP contribution in [0.1, 0.15) is 71.1 Å². The lowest BCUT2D eigenvalue weighted by Gasteiger charge is -2.04. The van der Waals surface area contributed by atoms with E-state index in [1.54, 1.807) is 0 Å². The van der Waals surface area contributed by atoms with Gasteiger partial charge in [-0.2, -0.15) is 11.8 Å². The summed E-state index contributed by atoms with van der Waals surface area (Å²) in [5.74, 6) is 0.507. The number of rotatable bonds is 15. The van der Waals surface area contributed by atoms with Gasteiger partial charge in [0, 0.05) is 5.75 Å². The second-order valence-corrected chi connectivity index (χ2v) is 6.63. The molecule has 21 heavy (non-hydrogen) atoms. The van der Waals surface area contributed by atoms with E-state index in [0.717, 1.165) is 6.42 Å². The van der Waals surface area contributed by atoms with Gasteiger partial charge < -0.3 is 5.11 Å². The number of halogens is 1. The molecule has 1 atom stereocenters. The SMILES string of the molecule is CCCCCCCC/C=C\CC([18F])CCSCCC(=O)O. The van der Waals surface area contributed by atoms with Crippen LogP contribution in [0, 0.1) is 0 Å². The Morgan fingerprint density at radius 3 is 2.57 bits per heavy atom. The monoisotopic (exact) mass is 317 g/mol. The fourth-order valence-corrected chi connectivity index (χ4v) is 2.94. The minimum absolute atomic E-state index is 0.166. The van der Waals surface area contributed by atoms with E-state index in [-0.39, 0.29) is 6.42 Å². The third kappa shape index (κ3) is 17.4. The van der Waals surface area contributed by atoms with Gasteiger partial charge in [-0.15, -0.1) is 0 Å². The van der Waals surface area contributed by atoms with Crippen LogP contribution in [0.5, 0.6) is 0 Å². The molecule has 0 heterocycles. The van der Waals surface area contributed by atoms with Gasteiger partial charge in [0.05, 0.1) is 6.42 Å². The summed E-state index contributed by atoms with van der Waals surface area (Å²) in [6.07, 6.45) is 13.3. The number of aliphatic carboxylic acids is 1. The molecule has 2 nitrogen and oxygen atoms in total. The summed E-state index contributed by atoms with van der Waals surface area (Å²) in [4.78, 5) is 10.3. The molecule has 0 rings (SSSR count). The largest absolute Gasteiger partial charge is 0.481 e. The number of thioether (sulfide) groups is 1. The summed E-state index contributed by atoms with van der Waals surface area (Å²) >= 11 is 1.52. The Kier molecular flexibility index (Phi) is 15.5. The van der Waals surface area contributed by atoms with Gasteiger partial charge in [0.25, 0.3) is 0 Å². The highest BCUT2D eigenvalue weighted by Crippen LogP contribution is 2.12. The van der Waals surface area contributed by atoms with Crippen LogP contribution in [0.3, 0.4) is 0 Å². The van der Waals surface area contributed by atoms with Crippen LogP contribution < -0.4 is 0 Å². The van der Waals surface area contributed by atoms with Crippen molar-refractivity contribution in [2.45, 2.75) is 77.3 Å². The van der Waals surface area contributed by atoms with Crippen LogP contribution in [-0.2, 0) is 4.79 Å². The molecule has 4 heteroatoms. The zero-order chi connectivity index (χ0) is 15.8. The van der Waals surface area contributed by atoms with Crippen molar-refractivity contribution in [2.24, 2.45) is 0 Å². The van der Waals surface area contributed by atoms with Crippen LogP contribution >= 0.6 is 11.8 Å². The number of hydrogen-bond donors (Lipinski definition) is 1. The van der Waals surface area contributed by atoms with E-state index < -0.39 is 12.1 Å². The Balaban J connectivity index is 3.29. The first-order chi connectivity index (χ1) is 10.2. The van der Waals surface area contributed by atoms with Gasteiger partial charge in [0.1, 0.15) is 6.17 Å². The number of unbranched alkanes of at least 4 members (excludes halogenated alkanes) is 6. The summed E-state index contributed by atoms with van der Waals surface area (Å²) in [6.45, 7) is 2.22. The standard InChI is InChI=1S/C17H31FO2S/c1-2-3-4-5-6-7-8-9-10-11-16(18)12-14-21-15-13-17(19)20/h9-10,16H,2-8,11-15H2,1H3,(H,19,20)/b10-9-/i18-1. The van der Waals surface area contributed by atoms with E-state index in [1.165, 1.54) is 50.3 Å². The zero-order valence-electron chi connectivity index (χ0n) is 13.4. The highest BCUT2D eigenvalue weighted by atomic mass is 32.2. The van der Waals surface area contributed by atoms with Gasteiger partial charge in [-0.3, -0.25) is 4.79 Å². The number of carboxylic acids is 1. The Bertz CT molecular complexity index is 270. The fourth-order valence-electron chi connectivity index (χ4n) is 1.99. The molecular formula is C17H31FO2S. The minimum Gasteiger partial charge on any atom is -0.481 e. The van der Waals surface area contributed by atoms with Gasteiger partial charge in [-0.25, -0.2) is 4.39 Å². The lowest BCUT2D eigenvalue weighted by molar-refractivity contribution is -0.136. The van der Waals surface area contributed by atoms with Crippen LogP contribution in [0.15, 0.2) is 12.2 Å². The quantitative estimate of drug-likeness (QED) is 0.314. The number of alkyl halides is 1. The lowest BCUT2D eigenvalue weighted by Crippen LogP contribution is -2.01. The molecule has 0 saturated heterocycles. The Morgan fingerprint density at radius 2 is 1.86 bits per heavy atom. The highest BCUT2D eigenvalue weighted by Gasteiger charge is 2.04. The van der Waals surface area contributed by atoms with Crippen LogP contribution in [0.4, 0.5) is 4.39 Å². The van der Waals surface area contributed by atoms with Crippen molar-refractivity contribution in [2.75, 3.05) is 11.5 Å². The van der Waals surface area contributed by atoms with E-state index in [4.69, 9.17) is 5.11 Å². The number of carbonyl (C=O) groups is 1. The van der Waals surface area contributed by atoms with Gasteiger partial charge in [-0.05, 0) is 31.4 Å². The van der Waals surface area contributed by atoms with Gasteiger partial charge in [0.2, 0.25) is 0 Å². The predicted molar refractivity (Wildman–Crippen MR) is 90.8 cm³/mol. The average Bonchev–Trinajstić information content (AvgIpc) is 2.45. The molecule has 0 amide bonds. The van der Waals surface area contributed by atoms with E-state index in [9.17, 15) is 9.18 Å². The molecule has 0 radical (unpaired) electrons. The molecule has 0 spiro atoms. The summed E-state index contributed by atoms with van der Waals surface area (Å²) < 4.78 is 13.5. The third-order valence-electron chi connectivity index (χ3n) is 3.32. The molecule has 0 aromatic rings. The topological polar surface area (TPSA) is 37.3 Å². The average molecular weight is 318 g/mol. The summed E-state index contributed by atoms with van der Waals surface area (Å²) in [5, 5.41) is 8.47. The summed E-state index contributed by atoms with van der Waals surface area (Å²) in [6, 6.07) is 0. The first kappa shape index (κ1) is 20.5. The van der Waals surface area contributed by atoms with Crippen molar-refractivity contribution in [1.82, 2.24) is 0 Å². The van der Waals surface area contributed by atoms with E-state index in [1.807, 2.05) is 6.08 Å². The smallest absolute Gasteiger partial charge is 0.304 e. The van der Waals surface area contributed by atoms with E-state index >= 15 is 0 Å². The minimum atomic E-state index is -0.789. The molecule has 0 aliphatic rings. The van der Waals surface area contributed by atoms with Gasteiger partial charge >= 0.3 is 5.97 Å². The van der Waals surface area contributed by atoms with Crippen molar-refractivity contribution >= 4 is 17.7 Å². The van der Waals surface area contributed by atoms with Crippen LogP contribution in [0.2, 0.25) is 0 Å². The Hall–Kier alpha value is -0.510. The Morgan fingerprint density at radius 1 is 1.14 bits per heavy atom. The third-order valence-corrected chi connectivity index (χ3v) is 4.34. The second kappa shape index (κ2) is 15.9.